The third-order valence-electron chi connectivity index (χ3n) is 1.73. The normalized spacial score (nSPS) is 10.7. The topological polar surface area (TPSA) is 46.3 Å². The lowest BCUT2D eigenvalue weighted by Gasteiger charge is -1.90. The molecule has 0 saturated carbocycles. The van der Waals surface area contributed by atoms with Crippen LogP contribution in [0.5, 0.6) is 0 Å². The lowest BCUT2D eigenvalue weighted by molar-refractivity contribution is 0.298. The zero-order valence-electron chi connectivity index (χ0n) is 7.24. The molecule has 0 spiro atoms. The fourth-order valence-electron chi connectivity index (χ4n) is 1.10. The van der Waals surface area contributed by atoms with Gasteiger partial charge in [0.15, 0.2) is 10.8 Å². The average molecular weight is 274 g/mol. The second kappa shape index (κ2) is 4.25. The number of halogens is 1. The van der Waals surface area contributed by atoms with E-state index in [0.717, 1.165) is 20.2 Å². The van der Waals surface area contributed by atoms with Crippen molar-refractivity contribution in [3.8, 4) is 10.8 Å². The molecule has 3 nitrogen and oxygen atoms in total. The fraction of sp³-hybridized carbons (Fsp3) is 0.222. The highest BCUT2D eigenvalue weighted by molar-refractivity contribution is 9.11. The standard InChI is InChI=1S/C9H8BrNO2S/c10-8-6(3-4-12)11-9(14-8)7-2-1-5-13-7/h1-2,5,12H,3-4H2. The van der Waals surface area contributed by atoms with Gasteiger partial charge in [-0.1, -0.05) is 0 Å². The number of aliphatic hydroxyl groups excluding tert-OH is 1. The SMILES string of the molecule is OCCc1nc(-c2ccco2)sc1Br. The molecule has 0 bridgehead atoms. The van der Waals surface area contributed by atoms with Crippen molar-refractivity contribution in [3.63, 3.8) is 0 Å². The van der Waals surface area contributed by atoms with Gasteiger partial charge >= 0.3 is 0 Å². The Hall–Kier alpha value is -0.650. The monoisotopic (exact) mass is 273 g/mol. The molecule has 0 aliphatic carbocycles. The molecule has 2 heterocycles. The van der Waals surface area contributed by atoms with Gasteiger partial charge < -0.3 is 9.52 Å². The van der Waals surface area contributed by atoms with Gasteiger partial charge in [0.1, 0.15) is 0 Å². The minimum absolute atomic E-state index is 0.111. The molecule has 0 unspecified atom stereocenters. The van der Waals surface area contributed by atoms with E-state index in [-0.39, 0.29) is 6.61 Å². The van der Waals surface area contributed by atoms with E-state index in [1.807, 2.05) is 12.1 Å². The number of furan rings is 1. The van der Waals surface area contributed by atoms with Gasteiger partial charge in [0.25, 0.3) is 0 Å². The minimum Gasteiger partial charge on any atom is -0.462 e. The number of hydrogen-bond acceptors (Lipinski definition) is 4. The van der Waals surface area contributed by atoms with E-state index in [0.29, 0.717) is 6.42 Å². The van der Waals surface area contributed by atoms with Gasteiger partial charge in [0, 0.05) is 13.0 Å². The van der Waals surface area contributed by atoms with Gasteiger partial charge in [-0.05, 0) is 28.1 Å². The number of hydrogen-bond donors (Lipinski definition) is 1. The van der Waals surface area contributed by atoms with Gasteiger partial charge in [0.2, 0.25) is 0 Å². The Balaban J connectivity index is 2.33. The summed E-state index contributed by atoms with van der Waals surface area (Å²) in [6.07, 6.45) is 2.19. The largest absolute Gasteiger partial charge is 0.462 e. The zero-order chi connectivity index (χ0) is 9.97. The summed E-state index contributed by atoms with van der Waals surface area (Å²) < 4.78 is 6.19. The van der Waals surface area contributed by atoms with E-state index in [2.05, 4.69) is 20.9 Å². The first kappa shape index (κ1) is 9.89. The zero-order valence-corrected chi connectivity index (χ0v) is 9.64. The summed E-state index contributed by atoms with van der Waals surface area (Å²) in [5, 5.41) is 9.64. The van der Waals surface area contributed by atoms with Crippen molar-refractivity contribution in [3.05, 3.63) is 27.9 Å². The van der Waals surface area contributed by atoms with Crippen molar-refractivity contribution >= 4 is 27.3 Å². The molecule has 0 aliphatic heterocycles. The maximum atomic E-state index is 8.80. The van der Waals surface area contributed by atoms with Crippen LogP contribution in [0.1, 0.15) is 5.69 Å². The van der Waals surface area contributed by atoms with Crippen molar-refractivity contribution in [2.45, 2.75) is 6.42 Å². The molecule has 0 aromatic carbocycles. The molecule has 2 rings (SSSR count). The van der Waals surface area contributed by atoms with Crippen LogP contribution in [0, 0.1) is 0 Å². The molecular weight excluding hydrogens is 266 g/mol. The highest BCUT2D eigenvalue weighted by Crippen LogP contribution is 2.32. The van der Waals surface area contributed by atoms with Gasteiger partial charge in [-0.2, -0.15) is 0 Å². The molecule has 0 aliphatic rings. The van der Waals surface area contributed by atoms with Crippen LogP contribution in [0.2, 0.25) is 0 Å². The number of aliphatic hydroxyl groups is 1. The lowest BCUT2D eigenvalue weighted by Crippen LogP contribution is -1.91. The molecule has 0 amide bonds. The van der Waals surface area contributed by atoms with Gasteiger partial charge in [-0.25, -0.2) is 4.98 Å². The Morgan fingerprint density at radius 1 is 1.57 bits per heavy atom. The second-order valence-corrected chi connectivity index (χ2v) is 5.01. The first-order valence-corrected chi connectivity index (χ1v) is 5.72. The summed E-state index contributed by atoms with van der Waals surface area (Å²) in [4.78, 5) is 4.36. The smallest absolute Gasteiger partial charge is 0.162 e. The Labute approximate surface area is 93.5 Å². The number of rotatable bonds is 3. The molecule has 2 aromatic heterocycles. The summed E-state index contributed by atoms with van der Waals surface area (Å²) in [7, 11) is 0. The van der Waals surface area contributed by atoms with Crippen molar-refractivity contribution in [1.29, 1.82) is 0 Å². The van der Waals surface area contributed by atoms with Crippen molar-refractivity contribution in [2.75, 3.05) is 6.61 Å². The summed E-state index contributed by atoms with van der Waals surface area (Å²) in [6, 6.07) is 3.70. The van der Waals surface area contributed by atoms with E-state index < -0.39 is 0 Å². The van der Waals surface area contributed by atoms with Crippen LogP contribution in [0.3, 0.4) is 0 Å². The third kappa shape index (κ3) is 1.89. The number of nitrogens with zero attached hydrogens (tertiary/aromatic N) is 1. The van der Waals surface area contributed by atoms with Crippen LogP contribution < -0.4 is 0 Å². The van der Waals surface area contributed by atoms with E-state index in [4.69, 9.17) is 9.52 Å². The Kier molecular flexibility index (Phi) is 3.00. The maximum absolute atomic E-state index is 8.80. The molecule has 5 heteroatoms. The van der Waals surface area contributed by atoms with E-state index in [1.165, 1.54) is 11.3 Å². The van der Waals surface area contributed by atoms with Gasteiger partial charge in [-0.3, -0.25) is 0 Å². The molecule has 14 heavy (non-hydrogen) atoms. The Morgan fingerprint density at radius 3 is 3.07 bits per heavy atom. The van der Waals surface area contributed by atoms with Crippen LogP contribution in [0.25, 0.3) is 10.8 Å². The molecule has 0 radical (unpaired) electrons. The van der Waals surface area contributed by atoms with Crippen LogP contribution in [0.4, 0.5) is 0 Å². The first-order valence-electron chi connectivity index (χ1n) is 4.11. The maximum Gasteiger partial charge on any atom is 0.162 e. The summed E-state index contributed by atoms with van der Waals surface area (Å²) in [6.45, 7) is 0.111. The summed E-state index contributed by atoms with van der Waals surface area (Å²) in [5.41, 5.74) is 0.879. The van der Waals surface area contributed by atoms with Crippen LogP contribution in [0.15, 0.2) is 26.6 Å². The van der Waals surface area contributed by atoms with Gasteiger partial charge in [-0.15, -0.1) is 11.3 Å². The average Bonchev–Trinajstić information content (AvgIpc) is 2.76. The summed E-state index contributed by atoms with van der Waals surface area (Å²) in [5.74, 6) is 0.764. The van der Waals surface area contributed by atoms with Crippen LogP contribution >= 0.6 is 27.3 Å². The summed E-state index contributed by atoms with van der Waals surface area (Å²) >= 11 is 4.92. The molecule has 0 atom stereocenters. The first-order chi connectivity index (χ1) is 6.81. The van der Waals surface area contributed by atoms with Crippen LogP contribution in [-0.4, -0.2) is 16.7 Å². The van der Waals surface area contributed by atoms with Crippen molar-refractivity contribution in [2.24, 2.45) is 0 Å². The molecule has 1 N–H and O–H groups in total. The van der Waals surface area contributed by atoms with Gasteiger partial charge in [0.05, 0.1) is 15.7 Å². The quantitative estimate of drug-likeness (QED) is 0.936. The fourth-order valence-corrected chi connectivity index (χ4v) is 2.65. The molecular formula is C9H8BrNO2S. The third-order valence-corrected chi connectivity index (χ3v) is 3.57. The predicted octanol–water partition coefficient (Wildman–Crippen LogP) is 2.70. The van der Waals surface area contributed by atoms with Crippen LogP contribution in [-0.2, 0) is 6.42 Å². The molecule has 0 saturated heterocycles. The van der Waals surface area contributed by atoms with E-state index >= 15 is 0 Å². The molecule has 2 aromatic rings. The second-order valence-electron chi connectivity index (χ2n) is 2.69. The molecule has 0 fully saturated rings. The number of thiazole rings is 1. The number of aromatic nitrogens is 1. The predicted molar refractivity (Wildman–Crippen MR) is 58.3 cm³/mol. The highest BCUT2D eigenvalue weighted by Gasteiger charge is 2.11. The molecule has 74 valence electrons. The highest BCUT2D eigenvalue weighted by atomic mass is 79.9. The Bertz CT molecular complexity index is 410. The van der Waals surface area contributed by atoms with Crippen molar-refractivity contribution in [1.82, 2.24) is 4.98 Å². The minimum atomic E-state index is 0.111. The lowest BCUT2D eigenvalue weighted by atomic mass is 10.3. The van der Waals surface area contributed by atoms with E-state index in [1.54, 1.807) is 6.26 Å². The Morgan fingerprint density at radius 2 is 2.43 bits per heavy atom. The van der Waals surface area contributed by atoms with E-state index in [9.17, 15) is 0 Å². The van der Waals surface area contributed by atoms with Crippen molar-refractivity contribution < 1.29 is 9.52 Å².